The molecule has 0 saturated heterocycles. The van der Waals surface area contributed by atoms with Crippen molar-refractivity contribution in [1.82, 2.24) is 19.7 Å². The molecule has 1 unspecified atom stereocenters. The monoisotopic (exact) mass is 452 g/mol. The lowest BCUT2D eigenvalue weighted by molar-refractivity contribution is 0.0419. The summed E-state index contributed by atoms with van der Waals surface area (Å²) in [5.41, 5.74) is 0.878. The summed E-state index contributed by atoms with van der Waals surface area (Å²) in [4.78, 5) is 19.2. The Morgan fingerprint density at radius 1 is 1.24 bits per heavy atom. The van der Waals surface area contributed by atoms with Crippen molar-refractivity contribution >= 4 is 5.91 Å². The first-order valence-corrected chi connectivity index (χ1v) is 10.8. The maximum absolute atomic E-state index is 13.3. The molecule has 1 aromatic carbocycles. The van der Waals surface area contributed by atoms with Crippen LogP contribution in [0.2, 0.25) is 0 Å². The Morgan fingerprint density at radius 3 is 2.82 bits per heavy atom. The van der Waals surface area contributed by atoms with Crippen LogP contribution in [0.15, 0.2) is 48.8 Å². The van der Waals surface area contributed by atoms with Crippen LogP contribution in [0.5, 0.6) is 17.5 Å². The molecule has 1 N–H and O–H groups in total. The second-order valence-electron chi connectivity index (χ2n) is 8.10. The molecule has 9 heteroatoms. The number of hydrogen-bond acceptors (Lipinski definition) is 7. The Hall–Kier alpha value is -3.59. The summed E-state index contributed by atoms with van der Waals surface area (Å²) >= 11 is 0. The first-order chi connectivity index (χ1) is 15.9. The number of nitrogens with zero attached hydrogens (tertiary/aromatic N) is 4. The van der Waals surface area contributed by atoms with E-state index in [1.807, 2.05) is 30.5 Å². The molecule has 174 valence electrons. The molecule has 1 aliphatic heterocycles. The summed E-state index contributed by atoms with van der Waals surface area (Å²) in [5, 5.41) is 15.3. The average molecular weight is 453 g/mol. The van der Waals surface area contributed by atoms with E-state index in [4.69, 9.17) is 14.2 Å². The number of aromatic nitrogens is 3. The highest BCUT2D eigenvalue weighted by Gasteiger charge is 2.28. The fraction of sp³-hybridized carbons (Fsp3) is 0.375. The van der Waals surface area contributed by atoms with Crippen molar-refractivity contribution in [2.45, 2.75) is 32.0 Å². The highest BCUT2D eigenvalue weighted by atomic mass is 16.5. The summed E-state index contributed by atoms with van der Waals surface area (Å²) < 4.78 is 18.1. The van der Waals surface area contributed by atoms with Gasteiger partial charge in [-0.05, 0) is 43.2 Å². The maximum Gasteiger partial charge on any atom is 0.259 e. The summed E-state index contributed by atoms with van der Waals surface area (Å²) in [6.45, 7) is 3.48. The van der Waals surface area contributed by atoms with E-state index in [0.717, 1.165) is 11.1 Å². The number of ether oxygens (including phenoxy) is 3. The number of carbonyl (C=O) groups is 1. The van der Waals surface area contributed by atoms with E-state index in [0.29, 0.717) is 49.9 Å². The topological polar surface area (TPSA) is 98.9 Å². The van der Waals surface area contributed by atoms with Crippen LogP contribution in [0.25, 0.3) is 0 Å². The normalized spacial score (nSPS) is 15.1. The zero-order valence-electron chi connectivity index (χ0n) is 19.0. The van der Waals surface area contributed by atoms with E-state index in [1.54, 1.807) is 34.8 Å². The van der Waals surface area contributed by atoms with Gasteiger partial charge in [0.2, 0.25) is 11.8 Å². The molecule has 0 bridgehead atoms. The van der Waals surface area contributed by atoms with Crippen molar-refractivity contribution in [1.29, 1.82) is 0 Å². The summed E-state index contributed by atoms with van der Waals surface area (Å²) in [6.07, 6.45) is 4.08. The van der Waals surface area contributed by atoms with Crippen LogP contribution in [0.4, 0.5) is 0 Å². The number of fused-ring (bicyclic) bond motifs is 1. The van der Waals surface area contributed by atoms with Gasteiger partial charge in [0.1, 0.15) is 17.9 Å². The van der Waals surface area contributed by atoms with Gasteiger partial charge >= 0.3 is 0 Å². The first kappa shape index (κ1) is 22.6. The van der Waals surface area contributed by atoms with Gasteiger partial charge in [0, 0.05) is 37.1 Å². The smallest absolute Gasteiger partial charge is 0.259 e. The number of rotatable bonds is 7. The van der Waals surface area contributed by atoms with Gasteiger partial charge < -0.3 is 24.2 Å². The number of hydrogen-bond donors (Lipinski definition) is 1. The maximum atomic E-state index is 13.3. The minimum absolute atomic E-state index is 0.208. The third kappa shape index (κ3) is 4.93. The summed E-state index contributed by atoms with van der Waals surface area (Å²) in [5.74, 6) is 1.07. The highest BCUT2D eigenvalue weighted by Crippen LogP contribution is 2.32. The Kier molecular flexibility index (Phi) is 6.50. The molecule has 1 amide bonds. The molecule has 4 rings (SSSR count). The minimum Gasteiger partial charge on any atom is -0.491 e. The van der Waals surface area contributed by atoms with Gasteiger partial charge in [-0.15, -0.1) is 0 Å². The van der Waals surface area contributed by atoms with Crippen molar-refractivity contribution in [3.8, 4) is 17.5 Å². The zero-order valence-corrected chi connectivity index (χ0v) is 19.0. The van der Waals surface area contributed by atoms with Gasteiger partial charge in [-0.3, -0.25) is 9.48 Å². The van der Waals surface area contributed by atoms with Gasteiger partial charge in [-0.1, -0.05) is 6.07 Å². The van der Waals surface area contributed by atoms with E-state index in [2.05, 4.69) is 10.1 Å². The molecule has 0 fully saturated rings. The van der Waals surface area contributed by atoms with E-state index in [9.17, 15) is 9.90 Å². The van der Waals surface area contributed by atoms with Crippen molar-refractivity contribution < 1.29 is 24.1 Å². The molecule has 0 aliphatic carbocycles. The SMILES string of the molecule is COc1ccc(C(=O)N2CCOc3ccc(C(C)(O)CCn4cccn4)cc3C2)c(OC)n1. The number of pyridine rings is 1. The second kappa shape index (κ2) is 9.50. The van der Waals surface area contributed by atoms with Gasteiger partial charge in [0.25, 0.3) is 5.91 Å². The Morgan fingerprint density at radius 2 is 2.09 bits per heavy atom. The molecule has 1 aliphatic rings. The van der Waals surface area contributed by atoms with Crippen LogP contribution in [0.1, 0.15) is 34.8 Å². The van der Waals surface area contributed by atoms with E-state index >= 15 is 0 Å². The Balaban J connectivity index is 1.56. The molecule has 0 spiro atoms. The van der Waals surface area contributed by atoms with Crippen LogP contribution >= 0.6 is 0 Å². The highest BCUT2D eigenvalue weighted by molar-refractivity contribution is 5.96. The van der Waals surface area contributed by atoms with Crippen LogP contribution in [0, 0.1) is 0 Å². The van der Waals surface area contributed by atoms with Crippen molar-refractivity contribution in [2.24, 2.45) is 0 Å². The first-order valence-electron chi connectivity index (χ1n) is 10.8. The largest absolute Gasteiger partial charge is 0.491 e. The summed E-state index contributed by atoms with van der Waals surface area (Å²) in [6, 6.07) is 10.8. The molecule has 33 heavy (non-hydrogen) atoms. The number of benzene rings is 1. The molecule has 0 radical (unpaired) electrons. The second-order valence-corrected chi connectivity index (χ2v) is 8.10. The van der Waals surface area contributed by atoms with Gasteiger partial charge in [0.15, 0.2) is 0 Å². The van der Waals surface area contributed by atoms with E-state index in [-0.39, 0.29) is 11.8 Å². The van der Waals surface area contributed by atoms with Crippen molar-refractivity contribution in [3.05, 3.63) is 65.5 Å². The standard InChI is InChI=1S/C24H28N4O5/c1-24(30,9-12-28-11-4-10-25-28)18-5-7-20-17(15-18)16-27(13-14-33-20)23(29)19-6-8-21(31-2)26-22(19)32-3/h4-8,10-11,15,30H,9,12-14,16H2,1-3H3. The molecular weight excluding hydrogens is 424 g/mol. The molecule has 3 aromatic rings. The number of methoxy groups -OCH3 is 2. The van der Waals surface area contributed by atoms with Gasteiger partial charge in [0.05, 0.1) is 26.4 Å². The molecule has 1 atom stereocenters. The third-order valence-electron chi connectivity index (χ3n) is 5.80. The van der Waals surface area contributed by atoms with Crippen molar-refractivity contribution in [3.63, 3.8) is 0 Å². The van der Waals surface area contributed by atoms with Crippen LogP contribution < -0.4 is 14.2 Å². The molecule has 0 saturated carbocycles. The molecule has 2 aromatic heterocycles. The average Bonchev–Trinajstić information content (AvgIpc) is 3.26. The lowest BCUT2D eigenvalue weighted by Crippen LogP contribution is -2.33. The van der Waals surface area contributed by atoms with Gasteiger partial charge in [-0.2, -0.15) is 10.1 Å². The number of aryl methyl sites for hydroxylation is 1. The van der Waals surface area contributed by atoms with Crippen LogP contribution in [0.3, 0.4) is 0 Å². The number of aliphatic hydroxyl groups is 1. The number of amides is 1. The predicted octanol–water partition coefficient (Wildman–Crippen LogP) is 2.63. The molecule has 9 nitrogen and oxygen atoms in total. The third-order valence-corrected chi connectivity index (χ3v) is 5.80. The fourth-order valence-corrected chi connectivity index (χ4v) is 3.84. The van der Waals surface area contributed by atoms with Crippen LogP contribution in [-0.4, -0.2) is 58.0 Å². The Labute approximate surface area is 192 Å². The van der Waals surface area contributed by atoms with E-state index in [1.165, 1.54) is 14.2 Å². The lowest BCUT2D eigenvalue weighted by Gasteiger charge is -2.25. The predicted molar refractivity (Wildman–Crippen MR) is 120 cm³/mol. The fourth-order valence-electron chi connectivity index (χ4n) is 3.84. The quantitative estimate of drug-likeness (QED) is 0.588. The summed E-state index contributed by atoms with van der Waals surface area (Å²) in [7, 11) is 2.98. The molecular formula is C24H28N4O5. The van der Waals surface area contributed by atoms with Crippen molar-refractivity contribution in [2.75, 3.05) is 27.4 Å². The zero-order chi connectivity index (χ0) is 23.4. The van der Waals surface area contributed by atoms with E-state index < -0.39 is 5.60 Å². The lowest BCUT2D eigenvalue weighted by atomic mass is 9.91. The molecule has 3 heterocycles. The van der Waals surface area contributed by atoms with Gasteiger partial charge in [-0.25, -0.2) is 0 Å². The Bertz CT molecular complexity index is 1110. The minimum atomic E-state index is -1.06. The number of carbonyl (C=O) groups excluding carboxylic acids is 1. The van der Waals surface area contributed by atoms with Crippen LogP contribution in [-0.2, 0) is 18.7 Å².